The molecular weight excluding hydrogens is 236 g/mol. The molecule has 0 amide bonds. The third kappa shape index (κ3) is 2.38. The number of hydrogen-bond donors (Lipinski definition) is 1. The van der Waals surface area contributed by atoms with Gasteiger partial charge in [-0.05, 0) is 57.5 Å². The molecule has 19 heavy (non-hydrogen) atoms. The first kappa shape index (κ1) is 12.6. The fraction of sp³-hybridized carbons (Fsp3) is 0.533. The zero-order valence-corrected chi connectivity index (χ0v) is 11.8. The average molecular weight is 258 g/mol. The second-order valence-electron chi connectivity index (χ2n) is 5.63. The number of aromatic nitrogens is 2. The molecule has 1 aliphatic heterocycles. The summed E-state index contributed by atoms with van der Waals surface area (Å²) in [6, 6.07) is 4.26. The molecule has 3 heterocycles. The maximum Gasteiger partial charge on any atom is 0.137 e. The molecule has 1 atom stereocenters. The van der Waals surface area contributed by atoms with Crippen LogP contribution >= 0.6 is 0 Å². The molecule has 2 aromatic heterocycles. The lowest BCUT2D eigenvalue weighted by atomic mass is 10.1. The zero-order valence-electron chi connectivity index (χ0n) is 11.8. The molecule has 1 aliphatic rings. The molecule has 0 saturated carbocycles. The van der Waals surface area contributed by atoms with Crippen LogP contribution in [-0.4, -0.2) is 33.9 Å². The van der Waals surface area contributed by atoms with E-state index in [0.717, 1.165) is 23.6 Å². The van der Waals surface area contributed by atoms with Crippen LogP contribution in [0.25, 0.3) is 5.65 Å². The lowest BCUT2D eigenvalue weighted by molar-refractivity contribution is 0.313. The average Bonchev–Trinajstić information content (AvgIpc) is 2.95. The maximum atomic E-state index is 6.42. The molecule has 0 aliphatic carbocycles. The van der Waals surface area contributed by atoms with Gasteiger partial charge in [0.05, 0.1) is 17.4 Å². The Morgan fingerprint density at radius 2 is 2.05 bits per heavy atom. The van der Waals surface area contributed by atoms with Crippen LogP contribution in [0.3, 0.4) is 0 Å². The van der Waals surface area contributed by atoms with E-state index in [0.29, 0.717) is 0 Å². The molecule has 4 nitrogen and oxygen atoms in total. The minimum Gasteiger partial charge on any atom is -0.322 e. The van der Waals surface area contributed by atoms with Crippen molar-refractivity contribution >= 4 is 5.65 Å². The summed E-state index contributed by atoms with van der Waals surface area (Å²) in [6.07, 6.45) is 4.69. The Bertz CT molecular complexity index is 581. The van der Waals surface area contributed by atoms with Crippen molar-refractivity contribution in [3.05, 3.63) is 35.3 Å². The highest BCUT2D eigenvalue weighted by molar-refractivity contribution is 5.46. The Hall–Kier alpha value is -1.39. The summed E-state index contributed by atoms with van der Waals surface area (Å²) in [7, 11) is 0. The van der Waals surface area contributed by atoms with E-state index in [9.17, 15) is 0 Å². The second kappa shape index (κ2) is 4.94. The van der Waals surface area contributed by atoms with Crippen molar-refractivity contribution in [2.45, 2.75) is 32.7 Å². The van der Waals surface area contributed by atoms with E-state index < -0.39 is 0 Å². The Labute approximate surface area is 114 Å². The molecule has 2 N–H and O–H groups in total. The van der Waals surface area contributed by atoms with E-state index in [2.05, 4.69) is 46.5 Å². The topological polar surface area (TPSA) is 46.6 Å². The van der Waals surface area contributed by atoms with Gasteiger partial charge < -0.3 is 15.0 Å². The van der Waals surface area contributed by atoms with E-state index >= 15 is 0 Å². The molecular formula is C15H22N4. The molecule has 4 heteroatoms. The first-order chi connectivity index (χ1) is 9.15. The number of pyridine rings is 1. The highest BCUT2D eigenvalue weighted by Gasteiger charge is 2.20. The maximum absolute atomic E-state index is 6.42. The van der Waals surface area contributed by atoms with Crippen LogP contribution in [0.5, 0.6) is 0 Å². The molecule has 1 saturated heterocycles. The van der Waals surface area contributed by atoms with E-state index in [-0.39, 0.29) is 6.04 Å². The van der Waals surface area contributed by atoms with Gasteiger partial charge in [-0.15, -0.1) is 0 Å². The SMILES string of the molecule is Cc1ccn2c(C(N)CN3CCCC3)c(C)nc2c1. The lowest BCUT2D eigenvalue weighted by Gasteiger charge is -2.20. The Balaban J connectivity index is 1.92. The van der Waals surface area contributed by atoms with Gasteiger partial charge in [0.15, 0.2) is 0 Å². The number of nitrogens with zero attached hydrogens (tertiary/aromatic N) is 3. The Morgan fingerprint density at radius 3 is 2.79 bits per heavy atom. The summed E-state index contributed by atoms with van der Waals surface area (Å²) in [5.74, 6) is 0. The summed E-state index contributed by atoms with van der Waals surface area (Å²) in [5.41, 5.74) is 10.9. The minimum absolute atomic E-state index is 0.0378. The number of aryl methyl sites for hydroxylation is 2. The van der Waals surface area contributed by atoms with Gasteiger partial charge in [-0.1, -0.05) is 0 Å². The normalized spacial score (nSPS) is 18.3. The van der Waals surface area contributed by atoms with Crippen molar-refractivity contribution < 1.29 is 0 Å². The van der Waals surface area contributed by atoms with Crippen LogP contribution in [0.15, 0.2) is 18.3 Å². The summed E-state index contributed by atoms with van der Waals surface area (Å²) in [6.45, 7) is 7.45. The van der Waals surface area contributed by atoms with Crippen LogP contribution in [0, 0.1) is 13.8 Å². The zero-order chi connectivity index (χ0) is 13.4. The van der Waals surface area contributed by atoms with Gasteiger partial charge in [-0.3, -0.25) is 0 Å². The molecule has 2 aromatic rings. The summed E-state index contributed by atoms with van der Waals surface area (Å²) >= 11 is 0. The third-order valence-corrected chi connectivity index (χ3v) is 4.01. The fourth-order valence-corrected chi connectivity index (χ4v) is 3.06. The number of imidazole rings is 1. The van der Waals surface area contributed by atoms with Crippen LogP contribution < -0.4 is 5.73 Å². The highest BCUT2D eigenvalue weighted by Crippen LogP contribution is 2.21. The number of fused-ring (bicyclic) bond motifs is 1. The molecule has 102 valence electrons. The lowest BCUT2D eigenvalue weighted by Crippen LogP contribution is -2.31. The first-order valence-electron chi connectivity index (χ1n) is 7.08. The number of hydrogen-bond acceptors (Lipinski definition) is 3. The molecule has 3 rings (SSSR count). The molecule has 1 unspecified atom stereocenters. The van der Waals surface area contributed by atoms with E-state index in [1.807, 2.05) is 0 Å². The van der Waals surface area contributed by atoms with Crippen molar-refractivity contribution in [3.8, 4) is 0 Å². The van der Waals surface area contributed by atoms with Gasteiger partial charge in [-0.2, -0.15) is 0 Å². The minimum atomic E-state index is 0.0378. The number of rotatable bonds is 3. The third-order valence-electron chi connectivity index (χ3n) is 4.01. The number of likely N-dealkylation sites (tertiary alicyclic amines) is 1. The predicted molar refractivity (Wildman–Crippen MR) is 77.3 cm³/mol. The van der Waals surface area contributed by atoms with Crippen molar-refractivity contribution in [3.63, 3.8) is 0 Å². The molecule has 0 bridgehead atoms. The molecule has 0 spiro atoms. The van der Waals surface area contributed by atoms with Crippen molar-refractivity contribution in [2.24, 2.45) is 5.73 Å². The first-order valence-corrected chi connectivity index (χ1v) is 7.08. The van der Waals surface area contributed by atoms with Crippen molar-refractivity contribution in [2.75, 3.05) is 19.6 Å². The van der Waals surface area contributed by atoms with Crippen molar-refractivity contribution in [1.82, 2.24) is 14.3 Å². The standard InChI is InChI=1S/C15H22N4/c1-11-5-8-19-14(9-11)17-12(2)15(19)13(16)10-18-6-3-4-7-18/h5,8-9,13H,3-4,6-7,10,16H2,1-2H3. The molecule has 1 fully saturated rings. The Kier molecular flexibility index (Phi) is 3.29. The molecule has 0 radical (unpaired) electrons. The van der Waals surface area contributed by atoms with Crippen LogP contribution in [0.1, 0.15) is 35.8 Å². The highest BCUT2D eigenvalue weighted by atomic mass is 15.2. The van der Waals surface area contributed by atoms with E-state index in [1.54, 1.807) is 0 Å². The number of nitrogens with two attached hydrogens (primary N) is 1. The largest absolute Gasteiger partial charge is 0.322 e. The van der Waals surface area contributed by atoms with Crippen LogP contribution in [0.2, 0.25) is 0 Å². The van der Waals surface area contributed by atoms with Gasteiger partial charge in [0.1, 0.15) is 5.65 Å². The van der Waals surface area contributed by atoms with Crippen LogP contribution in [-0.2, 0) is 0 Å². The summed E-state index contributed by atoms with van der Waals surface area (Å²) in [5, 5.41) is 0. The van der Waals surface area contributed by atoms with Gasteiger partial charge in [0, 0.05) is 12.7 Å². The summed E-state index contributed by atoms with van der Waals surface area (Å²) in [4.78, 5) is 7.09. The van der Waals surface area contributed by atoms with Gasteiger partial charge >= 0.3 is 0 Å². The van der Waals surface area contributed by atoms with Crippen LogP contribution in [0.4, 0.5) is 0 Å². The van der Waals surface area contributed by atoms with Gasteiger partial charge in [-0.25, -0.2) is 4.98 Å². The van der Waals surface area contributed by atoms with E-state index in [1.165, 1.54) is 31.5 Å². The van der Waals surface area contributed by atoms with Gasteiger partial charge in [0.2, 0.25) is 0 Å². The Morgan fingerprint density at radius 1 is 1.32 bits per heavy atom. The molecule has 0 aromatic carbocycles. The van der Waals surface area contributed by atoms with E-state index in [4.69, 9.17) is 5.73 Å². The summed E-state index contributed by atoms with van der Waals surface area (Å²) < 4.78 is 2.14. The fourth-order valence-electron chi connectivity index (χ4n) is 3.06. The van der Waals surface area contributed by atoms with Crippen molar-refractivity contribution in [1.29, 1.82) is 0 Å². The monoisotopic (exact) mass is 258 g/mol. The van der Waals surface area contributed by atoms with Gasteiger partial charge in [0.25, 0.3) is 0 Å². The predicted octanol–water partition coefficient (Wildman–Crippen LogP) is 2.05. The quantitative estimate of drug-likeness (QED) is 0.916. The smallest absolute Gasteiger partial charge is 0.137 e. The second-order valence-corrected chi connectivity index (χ2v) is 5.63.